The van der Waals surface area contributed by atoms with Crippen LogP contribution in [0.2, 0.25) is 0 Å². The van der Waals surface area contributed by atoms with Gasteiger partial charge in [-0.3, -0.25) is 4.90 Å². The van der Waals surface area contributed by atoms with Crippen LogP contribution in [0.4, 0.5) is 0 Å². The van der Waals surface area contributed by atoms with Gasteiger partial charge < -0.3 is 9.84 Å². The minimum Gasteiger partial charge on any atom is -0.476 e. The summed E-state index contributed by atoms with van der Waals surface area (Å²) in [6.07, 6.45) is 4.54. The molecule has 0 bridgehead atoms. The lowest BCUT2D eigenvalue weighted by Gasteiger charge is -2.32. The van der Waals surface area contributed by atoms with Gasteiger partial charge >= 0.3 is 5.97 Å². The smallest absolute Gasteiger partial charge is 0.358 e. The highest BCUT2D eigenvalue weighted by atomic mass is 16.5. The van der Waals surface area contributed by atoms with E-state index in [1.165, 1.54) is 6.20 Å². The summed E-state index contributed by atoms with van der Waals surface area (Å²) in [5.41, 5.74) is 0.0996. The number of likely N-dealkylation sites (tertiary alicyclic amines) is 1. The Balaban J connectivity index is 1.93. The van der Waals surface area contributed by atoms with Gasteiger partial charge in [-0.25, -0.2) is 9.48 Å². The fourth-order valence-electron chi connectivity index (χ4n) is 2.83. The van der Waals surface area contributed by atoms with Gasteiger partial charge in [-0.2, -0.15) is 5.10 Å². The monoisotopic (exact) mass is 301 g/mol. The summed E-state index contributed by atoms with van der Waals surface area (Å²) in [4.78, 5) is 13.8. The number of rotatable bonds is 4. The lowest BCUT2D eigenvalue weighted by atomic mass is 10.1. The Kier molecular flexibility index (Phi) is 4.11. The maximum absolute atomic E-state index is 11.7. The molecule has 1 N–H and O–H groups in total. The molecule has 116 valence electrons. The molecule has 1 aliphatic rings. The van der Waals surface area contributed by atoms with Crippen LogP contribution in [0.15, 0.2) is 36.5 Å². The Bertz CT molecular complexity index is 654. The fraction of sp³-hybridized carbons (Fsp3) is 0.375. The van der Waals surface area contributed by atoms with Crippen molar-refractivity contribution in [2.45, 2.75) is 25.4 Å². The summed E-state index contributed by atoms with van der Waals surface area (Å²) in [5, 5.41) is 13.8. The molecule has 0 spiro atoms. The standard InChI is InChI=1S/C16H19N3O3/c1-18-10-6-5-9-14(18)19-15(16(20)21)13(11-17-19)22-12-7-3-2-4-8-12/h2-4,7-8,11,14H,5-6,9-10H2,1H3,(H,20,21). The average Bonchev–Trinajstić information content (AvgIpc) is 2.92. The molecule has 1 saturated heterocycles. The summed E-state index contributed by atoms with van der Waals surface area (Å²) < 4.78 is 7.26. The Morgan fingerprint density at radius 3 is 2.77 bits per heavy atom. The van der Waals surface area contributed by atoms with Gasteiger partial charge in [0, 0.05) is 0 Å². The lowest BCUT2D eigenvalue weighted by molar-refractivity contribution is 0.0639. The number of carbonyl (C=O) groups is 1. The van der Waals surface area contributed by atoms with Crippen molar-refractivity contribution in [3.05, 3.63) is 42.2 Å². The molecule has 6 heteroatoms. The number of benzene rings is 1. The number of hydrogen-bond donors (Lipinski definition) is 1. The number of aromatic nitrogens is 2. The van der Waals surface area contributed by atoms with Gasteiger partial charge in [0.05, 0.1) is 6.20 Å². The van der Waals surface area contributed by atoms with E-state index in [9.17, 15) is 9.90 Å². The van der Waals surface area contributed by atoms with E-state index < -0.39 is 5.97 Å². The van der Waals surface area contributed by atoms with Crippen LogP contribution in [-0.2, 0) is 0 Å². The van der Waals surface area contributed by atoms with Crippen LogP contribution in [0.1, 0.15) is 35.9 Å². The zero-order valence-electron chi connectivity index (χ0n) is 12.5. The zero-order chi connectivity index (χ0) is 15.5. The van der Waals surface area contributed by atoms with Gasteiger partial charge in [0.2, 0.25) is 0 Å². The molecule has 0 aliphatic carbocycles. The third-order valence-corrected chi connectivity index (χ3v) is 3.95. The highest BCUT2D eigenvalue weighted by molar-refractivity contribution is 5.89. The molecular formula is C16H19N3O3. The second-order valence-electron chi connectivity index (χ2n) is 5.48. The van der Waals surface area contributed by atoms with Crippen molar-refractivity contribution in [3.8, 4) is 11.5 Å². The summed E-state index contributed by atoms with van der Waals surface area (Å²) in [6.45, 7) is 0.943. The third kappa shape index (κ3) is 2.82. The Labute approximate surface area is 128 Å². The van der Waals surface area contributed by atoms with E-state index in [0.29, 0.717) is 5.75 Å². The number of para-hydroxylation sites is 1. The molecule has 0 amide bonds. The number of carboxylic acid groups (broad SMARTS) is 1. The largest absolute Gasteiger partial charge is 0.476 e. The molecule has 1 aromatic carbocycles. The molecule has 1 aromatic heterocycles. The number of aromatic carboxylic acids is 1. The molecule has 2 aromatic rings. The van der Waals surface area contributed by atoms with Crippen molar-refractivity contribution in [3.63, 3.8) is 0 Å². The molecule has 1 fully saturated rings. The maximum Gasteiger partial charge on any atom is 0.358 e. The summed E-state index contributed by atoms with van der Waals surface area (Å²) in [5.74, 6) is -0.151. The van der Waals surface area contributed by atoms with Crippen molar-refractivity contribution < 1.29 is 14.6 Å². The normalized spacial score (nSPS) is 19.0. The molecule has 2 heterocycles. The fourth-order valence-corrected chi connectivity index (χ4v) is 2.83. The second-order valence-corrected chi connectivity index (χ2v) is 5.48. The van der Waals surface area contributed by atoms with E-state index >= 15 is 0 Å². The predicted octanol–water partition coefficient (Wildman–Crippen LogP) is 2.99. The predicted molar refractivity (Wildman–Crippen MR) is 81.2 cm³/mol. The molecule has 3 rings (SSSR count). The van der Waals surface area contributed by atoms with Gasteiger partial charge in [-0.1, -0.05) is 18.2 Å². The minimum atomic E-state index is -1.03. The van der Waals surface area contributed by atoms with E-state index in [0.717, 1.165) is 25.8 Å². The van der Waals surface area contributed by atoms with E-state index in [1.807, 2.05) is 25.2 Å². The Hall–Kier alpha value is -2.34. The number of ether oxygens (including phenoxy) is 1. The third-order valence-electron chi connectivity index (χ3n) is 3.95. The second kappa shape index (κ2) is 6.19. The summed E-state index contributed by atoms with van der Waals surface area (Å²) in [7, 11) is 1.99. The topological polar surface area (TPSA) is 67.6 Å². The number of carboxylic acids is 1. The van der Waals surface area contributed by atoms with Crippen LogP contribution >= 0.6 is 0 Å². The highest BCUT2D eigenvalue weighted by Gasteiger charge is 2.28. The van der Waals surface area contributed by atoms with Crippen molar-refractivity contribution in [2.24, 2.45) is 0 Å². The van der Waals surface area contributed by atoms with Crippen LogP contribution in [0.25, 0.3) is 0 Å². The number of piperidine rings is 1. The van der Waals surface area contributed by atoms with Crippen LogP contribution in [0, 0.1) is 0 Å². The first-order valence-corrected chi connectivity index (χ1v) is 7.41. The van der Waals surface area contributed by atoms with Crippen LogP contribution in [0.5, 0.6) is 11.5 Å². The van der Waals surface area contributed by atoms with Crippen LogP contribution < -0.4 is 4.74 Å². The Morgan fingerprint density at radius 2 is 2.09 bits per heavy atom. The zero-order valence-corrected chi connectivity index (χ0v) is 12.5. The molecule has 22 heavy (non-hydrogen) atoms. The van der Waals surface area contributed by atoms with Crippen molar-refractivity contribution in [1.82, 2.24) is 14.7 Å². The Morgan fingerprint density at radius 1 is 1.32 bits per heavy atom. The van der Waals surface area contributed by atoms with E-state index in [4.69, 9.17) is 4.74 Å². The number of nitrogens with zero attached hydrogens (tertiary/aromatic N) is 3. The SMILES string of the molecule is CN1CCCCC1n1ncc(Oc2ccccc2)c1C(=O)O. The van der Waals surface area contributed by atoms with Gasteiger partial charge in [0.1, 0.15) is 11.9 Å². The van der Waals surface area contributed by atoms with Gasteiger partial charge in [0.15, 0.2) is 11.4 Å². The number of hydrogen-bond acceptors (Lipinski definition) is 4. The molecule has 6 nitrogen and oxygen atoms in total. The van der Waals surface area contributed by atoms with E-state index in [2.05, 4.69) is 10.00 Å². The molecular weight excluding hydrogens is 282 g/mol. The van der Waals surface area contributed by atoms with Crippen molar-refractivity contribution in [2.75, 3.05) is 13.6 Å². The first kappa shape index (κ1) is 14.6. The average molecular weight is 301 g/mol. The molecule has 0 saturated carbocycles. The van der Waals surface area contributed by atoms with Crippen molar-refractivity contribution in [1.29, 1.82) is 0 Å². The van der Waals surface area contributed by atoms with Crippen LogP contribution in [0.3, 0.4) is 0 Å². The molecule has 1 atom stereocenters. The van der Waals surface area contributed by atoms with Gasteiger partial charge in [-0.15, -0.1) is 0 Å². The van der Waals surface area contributed by atoms with E-state index in [1.54, 1.807) is 16.8 Å². The quantitative estimate of drug-likeness (QED) is 0.940. The first-order chi connectivity index (χ1) is 10.7. The first-order valence-electron chi connectivity index (χ1n) is 7.41. The van der Waals surface area contributed by atoms with Crippen LogP contribution in [-0.4, -0.2) is 39.3 Å². The molecule has 0 radical (unpaired) electrons. The minimum absolute atomic E-state index is 0.0343. The lowest BCUT2D eigenvalue weighted by Crippen LogP contribution is -2.35. The maximum atomic E-state index is 11.7. The molecule has 1 unspecified atom stereocenters. The summed E-state index contributed by atoms with van der Waals surface area (Å²) in [6, 6.07) is 9.14. The van der Waals surface area contributed by atoms with Crippen molar-refractivity contribution >= 4 is 5.97 Å². The van der Waals surface area contributed by atoms with E-state index in [-0.39, 0.29) is 17.6 Å². The van der Waals surface area contributed by atoms with Gasteiger partial charge in [-0.05, 0) is 45.0 Å². The highest BCUT2D eigenvalue weighted by Crippen LogP contribution is 2.31. The molecule has 1 aliphatic heterocycles. The summed E-state index contributed by atoms with van der Waals surface area (Å²) >= 11 is 0. The van der Waals surface area contributed by atoms with Gasteiger partial charge in [0.25, 0.3) is 0 Å².